The minimum atomic E-state index is -0.0645. The van der Waals surface area contributed by atoms with Crippen LogP contribution >= 0.6 is 11.8 Å². The van der Waals surface area contributed by atoms with Crippen LogP contribution in [0.15, 0.2) is 84.0 Å². The molecule has 5 aromatic rings. The number of hydrogen-bond donors (Lipinski definition) is 1. The third kappa shape index (κ3) is 4.75. The third-order valence-electron chi connectivity index (χ3n) is 6.14. The van der Waals surface area contributed by atoms with Gasteiger partial charge in [0.25, 0.3) is 0 Å². The Labute approximate surface area is 214 Å². The van der Waals surface area contributed by atoms with Crippen LogP contribution in [0, 0.1) is 13.8 Å². The van der Waals surface area contributed by atoms with E-state index >= 15 is 0 Å². The summed E-state index contributed by atoms with van der Waals surface area (Å²) in [6, 6.07) is 26.3. The number of rotatable bonds is 7. The van der Waals surface area contributed by atoms with E-state index in [0.29, 0.717) is 11.7 Å². The van der Waals surface area contributed by atoms with Gasteiger partial charge in [-0.2, -0.15) is 0 Å². The van der Waals surface area contributed by atoms with Crippen LogP contribution in [0.5, 0.6) is 0 Å². The number of pyridine rings is 1. The highest BCUT2D eigenvalue weighted by atomic mass is 32.2. The van der Waals surface area contributed by atoms with E-state index in [2.05, 4.69) is 51.3 Å². The standard InChI is InChI=1S/C29H27N5OS/c1-4-34-28(32-33-29(34)36-18-26(35)31-27-19(2)11-10-12-20(27)3)23-17-25(21-13-6-5-7-14-21)30-24-16-9-8-15-22(23)24/h5-17H,4,18H2,1-3H3,(H,31,35). The fraction of sp³-hybridized carbons (Fsp3) is 0.172. The molecule has 2 heterocycles. The highest BCUT2D eigenvalue weighted by Crippen LogP contribution is 2.33. The fourth-order valence-electron chi connectivity index (χ4n) is 4.31. The molecule has 7 heteroatoms. The highest BCUT2D eigenvalue weighted by Gasteiger charge is 2.18. The molecule has 0 saturated heterocycles. The molecule has 2 aromatic heterocycles. The van der Waals surface area contributed by atoms with Gasteiger partial charge in [-0.25, -0.2) is 4.98 Å². The number of nitrogens with one attached hydrogen (secondary N) is 1. The Hall–Kier alpha value is -3.97. The first kappa shape index (κ1) is 23.8. The van der Waals surface area contributed by atoms with E-state index in [1.54, 1.807) is 0 Å². The maximum absolute atomic E-state index is 12.7. The van der Waals surface area contributed by atoms with Gasteiger partial charge in [-0.15, -0.1) is 10.2 Å². The topological polar surface area (TPSA) is 72.7 Å². The second-order valence-corrected chi connectivity index (χ2v) is 9.53. The summed E-state index contributed by atoms with van der Waals surface area (Å²) in [5.41, 5.74) is 6.78. The van der Waals surface area contributed by atoms with Crippen LogP contribution in [-0.2, 0) is 11.3 Å². The van der Waals surface area contributed by atoms with E-state index < -0.39 is 0 Å². The molecule has 0 aliphatic rings. The molecule has 6 nitrogen and oxygen atoms in total. The Morgan fingerprint density at radius 2 is 1.64 bits per heavy atom. The van der Waals surface area contributed by atoms with Crippen LogP contribution < -0.4 is 5.32 Å². The molecular formula is C29H27N5OS. The molecular weight excluding hydrogens is 466 g/mol. The average Bonchev–Trinajstić information content (AvgIpc) is 3.32. The van der Waals surface area contributed by atoms with Gasteiger partial charge in [-0.1, -0.05) is 78.5 Å². The van der Waals surface area contributed by atoms with Gasteiger partial charge < -0.3 is 9.88 Å². The number of para-hydroxylation sites is 2. The minimum absolute atomic E-state index is 0.0645. The van der Waals surface area contributed by atoms with Crippen LogP contribution in [0.1, 0.15) is 18.1 Å². The summed E-state index contributed by atoms with van der Waals surface area (Å²) in [5.74, 6) is 0.953. The number of aromatic nitrogens is 4. The number of anilines is 1. The van der Waals surface area contributed by atoms with Crippen molar-refractivity contribution in [2.24, 2.45) is 0 Å². The second kappa shape index (κ2) is 10.3. The Bertz CT molecular complexity index is 1520. The summed E-state index contributed by atoms with van der Waals surface area (Å²) in [4.78, 5) is 17.6. The zero-order valence-corrected chi connectivity index (χ0v) is 21.3. The van der Waals surface area contributed by atoms with Gasteiger partial charge in [0.1, 0.15) is 0 Å². The molecule has 0 aliphatic carbocycles. The average molecular weight is 494 g/mol. The summed E-state index contributed by atoms with van der Waals surface area (Å²) in [5, 5.41) is 13.8. The lowest BCUT2D eigenvalue weighted by atomic mass is 10.0. The van der Waals surface area contributed by atoms with E-state index in [9.17, 15) is 4.79 Å². The van der Waals surface area contributed by atoms with Crippen LogP contribution in [-0.4, -0.2) is 31.4 Å². The molecule has 3 aromatic carbocycles. The lowest BCUT2D eigenvalue weighted by molar-refractivity contribution is -0.113. The normalized spacial score (nSPS) is 11.1. The van der Waals surface area contributed by atoms with Crippen molar-refractivity contribution >= 4 is 34.3 Å². The van der Waals surface area contributed by atoms with Gasteiger partial charge in [0, 0.05) is 28.7 Å². The number of aryl methyl sites for hydroxylation is 2. The smallest absolute Gasteiger partial charge is 0.234 e. The predicted molar refractivity (Wildman–Crippen MR) is 147 cm³/mol. The Kier molecular flexibility index (Phi) is 6.82. The lowest BCUT2D eigenvalue weighted by Gasteiger charge is -2.12. The zero-order valence-electron chi connectivity index (χ0n) is 20.5. The van der Waals surface area contributed by atoms with Gasteiger partial charge >= 0.3 is 0 Å². The highest BCUT2D eigenvalue weighted by molar-refractivity contribution is 7.99. The molecule has 0 radical (unpaired) electrons. The number of nitrogens with zero attached hydrogens (tertiary/aromatic N) is 4. The second-order valence-electron chi connectivity index (χ2n) is 8.59. The summed E-state index contributed by atoms with van der Waals surface area (Å²) < 4.78 is 2.06. The van der Waals surface area contributed by atoms with Gasteiger partial charge in [-0.05, 0) is 44.0 Å². The molecule has 0 atom stereocenters. The van der Waals surface area contributed by atoms with E-state index in [1.165, 1.54) is 11.8 Å². The molecule has 36 heavy (non-hydrogen) atoms. The number of carbonyl (C=O) groups excluding carboxylic acids is 1. The van der Waals surface area contributed by atoms with Crippen LogP contribution in [0.4, 0.5) is 5.69 Å². The van der Waals surface area contributed by atoms with Gasteiger partial charge in [0.05, 0.1) is 17.0 Å². The van der Waals surface area contributed by atoms with Crippen molar-refractivity contribution in [1.82, 2.24) is 19.7 Å². The zero-order chi connectivity index (χ0) is 25.1. The van der Waals surface area contributed by atoms with Crippen molar-refractivity contribution in [3.8, 4) is 22.6 Å². The molecule has 0 saturated carbocycles. The maximum atomic E-state index is 12.7. The number of hydrogen-bond acceptors (Lipinski definition) is 5. The number of amides is 1. The molecule has 0 aliphatic heterocycles. The van der Waals surface area contributed by atoms with Crippen LogP contribution in [0.2, 0.25) is 0 Å². The van der Waals surface area contributed by atoms with Crippen molar-refractivity contribution in [2.75, 3.05) is 11.1 Å². The quantitative estimate of drug-likeness (QED) is 0.261. The van der Waals surface area contributed by atoms with Crippen LogP contribution in [0.25, 0.3) is 33.5 Å². The molecule has 1 amide bonds. The molecule has 0 unspecified atom stereocenters. The molecule has 1 N–H and O–H groups in total. The molecule has 180 valence electrons. The first-order chi connectivity index (χ1) is 17.5. The Morgan fingerprint density at radius 1 is 0.917 bits per heavy atom. The van der Waals surface area contributed by atoms with E-state index in [1.807, 2.05) is 68.4 Å². The van der Waals surface area contributed by atoms with Gasteiger partial charge in [0.2, 0.25) is 5.91 Å². The molecule has 0 fully saturated rings. The minimum Gasteiger partial charge on any atom is -0.325 e. The Balaban J connectivity index is 1.46. The van der Waals surface area contributed by atoms with Crippen molar-refractivity contribution in [1.29, 1.82) is 0 Å². The molecule has 0 spiro atoms. The summed E-state index contributed by atoms with van der Waals surface area (Å²) in [7, 11) is 0. The number of carbonyl (C=O) groups is 1. The third-order valence-corrected chi connectivity index (χ3v) is 7.10. The van der Waals surface area contributed by atoms with Crippen LogP contribution in [0.3, 0.4) is 0 Å². The molecule has 0 bridgehead atoms. The summed E-state index contributed by atoms with van der Waals surface area (Å²) in [6.07, 6.45) is 0. The molecule has 5 rings (SSSR count). The van der Waals surface area contributed by atoms with E-state index in [0.717, 1.165) is 50.4 Å². The van der Waals surface area contributed by atoms with E-state index in [4.69, 9.17) is 4.98 Å². The van der Waals surface area contributed by atoms with E-state index in [-0.39, 0.29) is 11.7 Å². The monoisotopic (exact) mass is 493 g/mol. The summed E-state index contributed by atoms with van der Waals surface area (Å²) >= 11 is 1.39. The summed E-state index contributed by atoms with van der Waals surface area (Å²) in [6.45, 7) is 6.74. The van der Waals surface area contributed by atoms with Crippen molar-refractivity contribution in [2.45, 2.75) is 32.5 Å². The van der Waals surface area contributed by atoms with Gasteiger partial charge in [0.15, 0.2) is 11.0 Å². The fourth-order valence-corrected chi connectivity index (χ4v) is 5.12. The predicted octanol–water partition coefficient (Wildman–Crippen LogP) is 6.53. The number of thioether (sulfide) groups is 1. The first-order valence-electron chi connectivity index (χ1n) is 11.9. The lowest BCUT2D eigenvalue weighted by Crippen LogP contribution is -2.16. The van der Waals surface area contributed by atoms with Crippen molar-refractivity contribution < 1.29 is 4.79 Å². The van der Waals surface area contributed by atoms with Gasteiger partial charge in [-0.3, -0.25) is 4.79 Å². The number of fused-ring (bicyclic) bond motifs is 1. The largest absolute Gasteiger partial charge is 0.325 e. The first-order valence-corrected chi connectivity index (χ1v) is 12.9. The SMILES string of the molecule is CCn1c(SCC(=O)Nc2c(C)cccc2C)nnc1-c1cc(-c2ccccc2)nc2ccccc12. The van der Waals surface area contributed by atoms with Crippen molar-refractivity contribution in [3.05, 3.63) is 90.0 Å². The van der Waals surface area contributed by atoms with Crippen molar-refractivity contribution in [3.63, 3.8) is 0 Å². The maximum Gasteiger partial charge on any atom is 0.234 e. The number of benzene rings is 3. The Morgan fingerprint density at radius 3 is 2.39 bits per heavy atom.